The van der Waals surface area contributed by atoms with Gasteiger partial charge in [-0.15, -0.1) is 0 Å². The van der Waals surface area contributed by atoms with Crippen molar-refractivity contribution in [1.82, 2.24) is 14.5 Å². The van der Waals surface area contributed by atoms with Crippen molar-refractivity contribution in [2.24, 2.45) is 0 Å². The highest BCUT2D eigenvalue weighted by Gasteiger charge is 2.31. The summed E-state index contributed by atoms with van der Waals surface area (Å²) in [6.07, 6.45) is 0.782. The van der Waals surface area contributed by atoms with Crippen LogP contribution in [0.15, 0.2) is 94.3 Å². The summed E-state index contributed by atoms with van der Waals surface area (Å²) in [5, 5.41) is 2.98. The molecular weight excluding hydrogens is 578 g/mol. The molecule has 0 bridgehead atoms. The van der Waals surface area contributed by atoms with Gasteiger partial charge in [-0.1, -0.05) is 76.6 Å². The summed E-state index contributed by atoms with van der Waals surface area (Å²) in [7, 11) is -2.14. The molecule has 3 aromatic carbocycles. The van der Waals surface area contributed by atoms with E-state index in [-0.39, 0.29) is 42.3 Å². The third-order valence-electron chi connectivity index (χ3n) is 6.26. The van der Waals surface area contributed by atoms with Gasteiger partial charge in [-0.2, -0.15) is 0 Å². The third-order valence-corrected chi connectivity index (χ3v) is 8.62. The fourth-order valence-corrected chi connectivity index (χ4v) is 5.93. The molecular formula is C30H36BrN3O4S. The second-order valence-corrected chi connectivity index (χ2v) is 12.7. The number of nitrogens with one attached hydrogen (secondary N) is 1. The number of halogens is 1. The Morgan fingerprint density at radius 1 is 0.897 bits per heavy atom. The van der Waals surface area contributed by atoms with Crippen molar-refractivity contribution in [2.75, 3.05) is 13.6 Å². The molecule has 1 N–H and O–H groups in total. The molecule has 0 heterocycles. The zero-order valence-corrected chi connectivity index (χ0v) is 25.0. The van der Waals surface area contributed by atoms with Gasteiger partial charge in [-0.3, -0.25) is 9.59 Å². The fraction of sp³-hybridized carbons (Fsp3) is 0.333. The van der Waals surface area contributed by atoms with E-state index in [1.54, 1.807) is 35.2 Å². The standard InChI is InChI=1S/C30H36BrN3O4S/c1-23(2)32-30(36)28(21-24-12-6-4-7-13-24)34(22-25-14-10-15-26(31)20-25)29(35)18-11-19-33(3)39(37,38)27-16-8-5-9-17-27/h4-10,12-17,20,23,28H,11,18-19,21-22H2,1-3H3,(H,32,36)/t28-/m1/s1. The van der Waals surface area contributed by atoms with E-state index in [0.29, 0.717) is 12.8 Å². The Kier molecular flexibility index (Phi) is 11.3. The maximum Gasteiger partial charge on any atom is 0.243 e. The van der Waals surface area contributed by atoms with Crippen LogP contribution in [-0.2, 0) is 32.6 Å². The van der Waals surface area contributed by atoms with E-state index in [1.165, 1.54) is 11.4 Å². The van der Waals surface area contributed by atoms with Crippen LogP contribution in [0.25, 0.3) is 0 Å². The number of carbonyl (C=O) groups is 2. The number of nitrogens with zero attached hydrogens (tertiary/aromatic N) is 2. The zero-order valence-electron chi connectivity index (χ0n) is 22.6. The summed E-state index contributed by atoms with van der Waals surface area (Å²) in [5.41, 5.74) is 1.83. The number of carbonyl (C=O) groups excluding carboxylic acids is 2. The molecule has 0 radical (unpaired) electrons. The highest BCUT2D eigenvalue weighted by molar-refractivity contribution is 9.10. The smallest absolute Gasteiger partial charge is 0.243 e. The average molecular weight is 615 g/mol. The molecule has 3 aromatic rings. The topological polar surface area (TPSA) is 86.8 Å². The second-order valence-electron chi connectivity index (χ2n) is 9.76. The first kappa shape index (κ1) is 30.5. The summed E-state index contributed by atoms with van der Waals surface area (Å²) >= 11 is 3.49. The van der Waals surface area contributed by atoms with Crippen LogP contribution in [0.1, 0.15) is 37.8 Å². The van der Waals surface area contributed by atoms with Crippen molar-refractivity contribution >= 4 is 37.8 Å². The minimum absolute atomic E-state index is 0.0876. The summed E-state index contributed by atoms with van der Waals surface area (Å²) < 4.78 is 27.9. The lowest BCUT2D eigenvalue weighted by molar-refractivity contribution is -0.141. The van der Waals surface area contributed by atoms with Crippen molar-refractivity contribution in [3.63, 3.8) is 0 Å². The molecule has 208 valence electrons. The monoisotopic (exact) mass is 613 g/mol. The van der Waals surface area contributed by atoms with Gasteiger partial charge in [0.25, 0.3) is 0 Å². The minimum Gasteiger partial charge on any atom is -0.352 e. The van der Waals surface area contributed by atoms with E-state index < -0.39 is 16.1 Å². The highest BCUT2D eigenvalue weighted by atomic mass is 79.9. The van der Waals surface area contributed by atoms with Crippen LogP contribution in [0.3, 0.4) is 0 Å². The summed E-state index contributed by atoms with van der Waals surface area (Å²) in [6.45, 7) is 4.20. The van der Waals surface area contributed by atoms with Crippen LogP contribution in [-0.4, -0.2) is 55.1 Å². The molecule has 7 nitrogen and oxygen atoms in total. The molecule has 0 aliphatic rings. The van der Waals surface area contributed by atoms with Crippen molar-refractivity contribution in [2.45, 2.75) is 56.6 Å². The summed E-state index contributed by atoms with van der Waals surface area (Å²) in [4.78, 5) is 29.0. The Morgan fingerprint density at radius 3 is 2.13 bits per heavy atom. The number of amides is 2. The first-order chi connectivity index (χ1) is 18.6. The number of rotatable bonds is 13. The van der Waals surface area contributed by atoms with E-state index in [9.17, 15) is 18.0 Å². The number of hydrogen-bond acceptors (Lipinski definition) is 4. The summed E-state index contributed by atoms with van der Waals surface area (Å²) in [5.74, 6) is -0.429. The van der Waals surface area contributed by atoms with Gasteiger partial charge in [-0.25, -0.2) is 12.7 Å². The van der Waals surface area contributed by atoms with Gasteiger partial charge >= 0.3 is 0 Å². The van der Waals surface area contributed by atoms with Crippen LogP contribution in [0.5, 0.6) is 0 Å². The van der Waals surface area contributed by atoms with Crippen LogP contribution >= 0.6 is 15.9 Å². The lowest BCUT2D eigenvalue weighted by Gasteiger charge is -2.32. The van der Waals surface area contributed by atoms with Crippen LogP contribution in [0.4, 0.5) is 0 Å². The lowest BCUT2D eigenvalue weighted by Crippen LogP contribution is -2.51. The first-order valence-electron chi connectivity index (χ1n) is 13.0. The fourth-order valence-electron chi connectivity index (χ4n) is 4.26. The highest BCUT2D eigenvalue weighted by Crippen LogP contribution is 2.20. The molecule has 9 heteroatoms. The minimum atomic E-state index is -3.66. The Labute approximate surface area is 240 Å². The second kappa shape index (κ2) is 14.4. The van der Waals surface area contributed by atoms with Crippen molar-refractivity contribution in [3.05, 3.63) is 101 Å². The zero-order chi connectivity index (χ0) is 28.4. The van der Waals surface area contributed by atoms with Gasteiger partial charge in [0.1, 0.15) is 6.04 Å². The molecule has 0 unspecified atom stereocenters. The van der Waals surface area contributed by atoms with Gasteiger partial charge in [0, 0.05) is 43.5 Å². The Morgan fingerprint density at radius 2 is 1.51 bits per heavy atom. The number of benzene rings is 3. The molecule has 39 heavy (non-hydrogen) atoms. The van der Waals surface area contributed by atoms with Crippen LogP contribution in [0.2, 0.25) is 0 Å². The number of sulfonamides is 1. The van der Waals surface area contributed by atoms with Crippen molar-refractivity contribution < 1.29 is 18.0 Å². The first-order valence-corrected chi connectivity index (χ1v) is 15.2. The molecule has 2 amide bonds. The van der Waals surface area contributed by atoms with E-state index in [1.807, 2.05) is 68.4 Å². The Hall–Kier alpha value is -3.01. The Bertz CT molecular complexity index is 1330. The van der Waals surface area contributed by atoms with E-state index in [2.05, 4.69) is 21.2 Å². The molecule has 3 rings (SSSR count). The molecule has 0 aliphatic heterocycles. The van der Waals surface area contributed by atoms with Crippen LogP contribution < -0.4 is 5.32 Å². The average Bonchev–Trinajstić information content (AvgIpc) is 2.91. The van der Waals surface area contributed by atoms with Gasteiger partial charge in [0.05, 0.1) is 4.90 Å². The largest absolute Gasteiger partial charge is 0.352 e. The van der Waals surface area contributed by atoms with Crippen molar-refractivity contribution in [1.29, 1.82) is 0 Å². The number of hydrogen-bond donors (Lipinski definition) is 1. The van der Waals surface area contributed by atoms with Gasteiger partial charge < -0.3 is 10.2 Å². The lowest BCUT2D eigenvalue weighted by atomic mass is 10.0. The predicted octanol–water partition coefficient (Wildman–Crippen LogP) is 5.01. The molecule has 1 atom stereocenters. The van der Waals surface area contributed by atoms with E-state index in [4.69, 9.17) is 0 Å². The predicted molar refractivity (Wildman–Crippen MR) is 157 cm³/mol. The van der Waals surface area contributed by atoms with Crippen molar-refractivity contribution in [3.8, 4) is 0 Å². The molecule has 0 aromatic heterocycles. The molecule has 0 aliphatic carbocycles. The van der Waals surface area contributed by atoms with Gasteiger partial charge in [0.15, 0.2) is 0 Å². The maximum atomic E-state index is 13.7. The Balaban J connectivity index is 1.82. The quantitative estimate of drug-likeness (QED) is 0.293. The SMILES string of the molecule is CC(C)NC(=O)[C@@H](Cc1ccccc1)N(Cc1cccc(Br)c1)C(=O)CCCN(C)S(=O)(=O)c1ccccc1. The van der Waals surface area contributed by atoms with E-state index in [0.717, 1.165) is 15.6 Å². The maximum absolute atomic E-state index is 13.7. The molecule has 0 saturated heterocycles. The molecule has 0 spiro atoms. The van der Waals surface area contributed by atoms with Crippen LogP contribution in [0, 0.1) is 0 Å². The van der Waals surface area contributed by atoms with Gasteiger partial charge in [-0.05, 0) is 55.7 Å². The molecule has 0 fully saturated rings. The van der Waals surface area contributed by atoms with E-state index >= 15 is 0 Å². The third kappa shape index (κ3) is 9.02. The normalized spacial score (nSPS) is 12.4. The van der Waals surface area contributed by atoms with Gasteiger partial charge in [0.2, 0.25) is 21.8 Å². The molecule has 0 saturated carbocycles. The summed E-state index contributed by atoms with van der Waals surface area (Å²) in [6, 6.07) is 24.7.